The molecule has 1 fully saturated rings. The summed E-state index contributed by atoms with van der Waals surface area (Å²) < 4.78 is 0. The van der Waals surface area contributed by atoms with E-state index >= 15 is 0 Å². The fourth-order valence-corrected chi connectivity index (χ4v) is 2.36. The summed E-state index contributed by atoms with van der Waals surface area (Å²) in [4.78, 5) is 4.28. The van der Waals surface area contributed by atoms with E-state index in [1.807, 2.05) is 6.92 Å². The molecule has 1 aromatic rings. The van der Waals surface area contributed by atoms with E-state index in [-0.39, 0.29) is 11.9 Å². The lowest BCUT2D eigenvalue weighted by Gasteiger charge is -2.15. The maximum absolute atomic E-state index is 9.68. The number of nitrogens with one attached hydrogen (secondary N) is 1. The predicted octanol–water partition coefficient (Wildman–Crippen LogP) is 1.35. The molecule has 1 saturated carbocycles. The topological polar surface area (TPSA) is 65.4 Å². The van der Waals surface area contributed by atoms with Gasteiger partial charge in [-0.1, -0.05) is 6.42 Å². The molecule has 4 heteroatoms. The summed E-state index contributed by atoms with van der Waals surface area (Å²) in [6.45, 7) is 3.25. The van der Waals surface area contributed by atoms with Crippen LogP contribution in [0.2, 0.25) is 0 Å². The first-order chi connectivity index (χ1) is 8.16. The highest BCUT2D eigenvalue weighted by Gasteiger charge is 2.24. The lowest BCUT2D eigenvalue weighted by molar-refractivity contribution is 0.131. The normalized spacial score (nSPS) is 24.1. The van der Waals surface area contributed by atoms with Crippen molar-refractivity contribution < 1.29 is 10.2 Å². The third-order valence-electron chi connectivity index (χ3n) is 3.41. The van der Waals surface area contributed by atoms with Crippen LogP contribution >= 0.6 is 0 Å². The number of aromatic nitrogens is 1. The molecule has 1 aliphatic rings. The van der Waals surface area contributed by atoms with Gasteiger partial charge < -0.3 is 15.5 Å². The van der Waals surface area contributed by atoms with Crippen LogP contribution in [0.5, 0.6) is 5.75 Å². The van der Waals surface area contributed by atoms with Crippen LogP contribution < -0.4 is 5.32 Å². The van der Waals surface area contributed by atoms with Crippen molar-refractivity contribution in [3.8, 4) is 5.75 Å². The third-order valence-corrected chi connectivity index (χ3v) is 3.41. The number of aliphatic hydroxyl groups is 1. The minimum absolute atomic E-state index is 0.165. The monoisotopic (exact) mass is 236 g/mol. The van der Waals surface area contributed by atoms with E-state index in [2.05, 4.69) is 10.3 Å². The standard InChI is InChI=1S/C13H20N2O2/c1-9-5-6-13(17)11(15-9)8-14-7-10-3-2-4-12(10)16/h5-6,10,12,14,16-17H,2-4,7-8H2,1H3. The molecule has 1 heterocycles. The van der Waals surface area contributed by atoms with E-state index in [0.717, 1.165) is 31.5 Å². The van der Waals surface area contributed by atoms with Crippen molar-refractivity contribution in [2.24, 2.45) is 5.92 Å². The summed E-state index contributed by atoms with van der Waals surface area (Å²) in [5, 5.41) is 22.6. The van der Waals surface area contributed by atoms with Crippen LogP contribution in [0.3, 0.4) is 0 Å². The highest BCUT2D eigenvalue weighted by Crippen LogP contribution is 2.24. The lowest BCUT2D eigenvalue weighted by Crippen LogP contribution is -2.27. The summed E-state index contributed by atoms with van der Waals surface area (Å²) in [7, 11) is 0. The minimum Gasteiger partial charge on any atom is -0.506 e. The van der Waals surface area contributed by atoms with Crippen LogP contribution in [-0.2, 0) is 6.54 Å². The molecule has 0 radical (unpaired) electrons. The van der Waals surface area contributed by atoms with E-state index < -0.39 is 0 Å². The molecule has 1 aliphatic carbocycles. The second-order valence-electron chi connectivity index (χ2n) is 4.81. The smallest absolute Gasteiger partial charge is 0.138 e. The van der Waals surface area contributed by atoms with Gasteiger partial charge in [-0.15, -0.1) is 0 Å². The zero-order chi connectivity index (χ0) is 12.3. The highest BCUT2D eigenvalue weighted by molar-refractivity contribution is 5.27. The SMILES string of the molecule is Cc1ccc(O)c(CNCC2CCCC2O)n1. The molecule has 17 heavy (non-hydrogen) atoms. The quantitative estimate of drug-likeness (QED) is 0.738. The first kappa shape index (κ1) is 12.3. The van der Waals surface area contributed by atoms with Gasteiger partial charge in [0.05, 0.1) is 11.8 Å². The van der Waals surface area contributed by atoms with Gasteiger partial charge >= 0.3 is 0 Å². The maximum atomic E-state index is 9.68. The van der Waals surface area contributed by atoms with Gasteiger partial charge in [0, 0.05) is 18.8 Å². The largest absolute Gasteiger partial charge is 0.506 e. The Labute approximate surface area is 102 Å². The van der Waals surface area contributed by atoms with Crippen molar-refractivity contribution in [1.82, 2.24) is 10.3 Å². The van der Waals surface area contributed by atoms with E-state index in [4.69, 9.17) is 0 Å². The molecule has 3 N–H and O–H groups in total. The van der Waals surface area contributed by atoms with Crippen LogP contribution in [0, 0.1) is 12.8 Å². The molecule has 1 aromatic heterocycles. The Kier molecular flexibility index (Phi) is 3.97. The maximum Gasteiger partial charge on any atom is 0.138 e. The Hall–Kier alpha value is -1.13. The summed E-state index contributed by atoms with van der Waals surface area (Å²) in [5.74, 6) is 0.581. The van der Waals surface area contributed by atoms with Crippen LogP contribution in [0.15, 0.2) is 12.1 Å². The Balaban J connectivity index is 1.83. The molecular formula is C13H20N2O2. The molecular weight excluding hydrogens is 216 g/mol. The third kappa shape index (κ3) is 3.17. The van der Waals surface area contributed by atoms with Gasteiger partial charge in [0.2, 0.25) is 0 Å². The first-order valence-electron chi connectivity index (χ1n) is 6.21. The molecule has 0 aliphatic heterocycles. The number of pyridine rings is 1. The lowest BCUT2D eigenvalue weighted by atomic mass is 10.1. The fourth-order valence-electron chi connectivity index (χ4n) is 2.36. The van der Waals surface area contributed by atoms with Crippen molar-refractivity contribution >= 4 is 0 Å². The molecule has 0 spiro atoms. The van der Waals surface area contributed by atoms with E-state index in [1.165, 1.54) is 0 Å². The molecule has 2 unspecified atom stereocenters. The van der Waals surface area contributed by atoms with Crippen LogP contribution in [0.4, 0.5) is 0 Å². The van der Waals surface area contributed by atoms with Crippen molar-refractivity contribution in [2.75, 3.05) is 6.54 Å². The minimum atomic E-state index is -0.165. The second kappa shape index (κ2) is 5.47. The van der Waals surface area contributed by atoms with Crippen molar-refractivity contribution in [1.29, 1.82) is 0 Å². The molecule has 2 rings (SSSR count). The van der Waals surface area contributed by atoms with Gasteiger partial charge in [0.15, 0.2) is 0 Å². The van der Waals surface area contributed by atoms with Gasteiger partial charge in [-0.05, 0) is 37.8 Å². The zero-order valence-corrected chi connectivity index (χ0v) is 10.2. The number of aliphatic hydroxyl groups excluding tert-OH is 1. The van der Waals surface area contributed by atoms with Crippen LogP contribution in [0.25, 0.3) is 0 Å². The Bertz CT molecular complexity index is 382. The van der Waals surface area contributed by atoms with Gasteiger partial charge in [-0.3, -0.25) is 4.98 Å². The highest BCUT2D eigenvalue weighted by atomic mass is 16.3. The summed E-state index contributed by atoms with van der Waals surface area (Å²) >= 11 is 0. The number of rotatable bonds is 4. The molecule has 0 saturated heterocycles. The number of hydrogen-bond donors (Lipinski definition) is 3. The number of hydrogen-bond acceptors (Lipinski definition) is 4. The van der Waals surface area contributed by atoms with E-state index in [1.54, 1.807) is 12.1 Å². The van der Waals surface area contributed by atoms with Gasteiger partial charge in [0.25, 0.3) is 0 Å². The molecule has 94 valence electrons. The number of aromatic hydroxyl groups is 1. The molecule has 4 nitrogen and oxygen atoms in total. The summed E-state index contributed by atoms with van der Waals surface area (Å²) in [6, 6.07) is 3.46. The molecule has 2 atom stereocenters. The van der Waals surface area contributed by atoms with Gasteiger partial charge in [-0.2, -0.15) is 0 Å². The first-order valence-corrected chi connectivity index (χ1v) is 6.21. The number of aryl methyl sites for hydroxylation is 1. The predicted molar refractivity (Wildman–Crippen MR) is 65.7 cm³/mol. The summed E-state index contributed by atoms with van der Waals surface area (Å²) in [5.41, 5.74) is 1.58. The van der Waals surface area contributed by atoms with Gasteiger partial charge in [-0.25, -0.2) is 0 Å². The zero-order valence-electron chi connectivity index (χ0n) is 10.2. The Morgan fingerprint density at radius 1 is 1.41 bits per heavy atom. The van der Waals surface area contributed by atoms with E-state index in [9.17, 15) is 10.2 Å². The average Bonchev–Trinajstić information content (AvgIpc) is 2.70. The average molecular weight is 236 g/mol. The Morgan fingerprint density at radius 2 is 2.24 bits per heavy atom. The van der Waals surface area contributed by atoms with Crippen molar-refractivity contribution in [3.05, 3.63) is 23.5 Å². The van der Waals surface area contributed by atoms with E-state index in [0.29, 0.717) is 18.2 Å². The second-order valence-corrected chi connectivity index (χ2v) is 4.81. The van der Waals surface area contributed by atoms with Gasteiger partial charge in [0.1, 0.15) is 5.75 Å². The van der Waals surface area contributed by atoms with Crippen molar-refractivity contribution in [3.63, 3.8) is 0 Å². The van der Waals surface area contributed by atoms with Crippen LogP contribution in [-0.4, -0.2) is 27.8 Å². The van der Waals surface area contributed by atoms with Crippen molar-refractivity contribution in [2.45, 2.75) is 38.8 Å². The molecule has 0 bridgehead atoms. The van der Waals surface area contributed by atoms with Crippen LogP contribution in [0.1, 0.15) is 30.7 Å². The molecule has 0 aromatic carbocycles. The number of nitrogens with zero attached hydrogens (tertiary/aromatic N) is 1. The Morgan fingerprint density at radius 3 is 2.94 bits per heavy atom. The fraction of sp³-hybridized carbons (Fsp3) is 0.615. The molecule has 0 amide bonds. The summed E-state index contributed by atoms with van der Waals surface area (Å²) in [6.07, 6.45) is 2.95.